The van der Waals surface area contributed by atoms with E-state index in [4.69, 9.17) is 5.73 Å². The largest absolute Gasteiger partial charge is 0.382 e. The number of rotatable bonds is 0. The van der Waals surface area contributed by atoms with Crippen LogP contribution >= 0.6 is 0 Å². The van der Waals surface area contributed by atoms with Crippen molar-refractivity contribution in [2.45, 2.75) is 0 Å². The molecule has 0 atom stereocenters. The van der Waals surface area contributed by atoms with Gasteiger partial charge in [-0.1, -0.05) is 0 Å². The highest BCUT2D eigenvalue weighted by molar-refractivity contribution is 6.03. The number of carbonyl (C=O) groups excluding carboxylic acids is 1. The van der Waals surface area contributed by atoms with Gasteiger partial charge in [0.1, 0.15) is 12.0 Å². The summed E-state index contributed by atoms with van der Waals surface area (Å²) >= 11 is 0. The third-order valence-electron chi connectivity index (χ3n) is 1.30. The van der Waals surface area contributed by atoms with Crippen molar-refractivity contribution in [1.82, 2.24) is 15.3 Å². The number of urea groups is 1. The Labute approximate surface area is 61.8 Å². The molecule has 55 valence electrons. The zero-order valence-corrected chi connectivity index (χ0v) is 5.40. The van der Waals surface area contributed by atoms with Gasteiger partial charge in [-0.05, 0) is 0 Å². The first-order valence-electron chi connectivity index (χ1n) is 2.90. The number of aromatic nitrogens is 2. The molecule has 0 unspecified atom stereocenters. The maximum atomic E-state index is 10.7. The van der Waals surface area contributed by atoms with Crippen LogP contribution < -0.4 is 16.4 Å². The van der Waals surface area contributed by atoms with Crippen LogP contribution in [-0.4, -0.2) is 16.0 Å². The number of nitrogen functional groups attached to an aromatic ring is 1. The molecule has 0 aromatic carbocycles. The fourth-order valence-corrected chi connectivity index (χ4v) is 0.825. The molecule has 0 fully saturated rings. The van der Waals surface area contributed by atoms with Gasteiger partial charge in [0.05, 0.1) is 0 Å². The van der Waals surface area contributed by atoms with Gasteiger partial charge in [0.15, 0.2) is 11.6 Å². The smallest absolute Gasteiger partial charge is 0.347 e. The van der Waals surface area contributed by atoms with Crippen LogP contribution in [-0.2, 0) is 0 Å². The zero-order valence-electron chi connectivity index (χ0n) is 5.40. The van der Waals surface area contributed by atoms with Crippen LogP contribution in [0.25, 0.3) is 0 Å². The van der Waals surface area contributed by atoms with Crippen LogP contribution in [0.2, 0.25) is 0 Å². The molecule has 2 amide bonds. The first-order chi connectivity index (χ1) is 5.27. The lowest BCUT2D eigenvalue weighted by molar-refractivity contribution is 0.256. The summed E-state index contributed by atoms with van der Waals surface area (Å²) in [5.74, 6) is 0.548. The minimum Gasteiger partial charge on any atom is -0.382 e. The quantitative estimate of drug-likeness (QED) is 0.537. The van der Waals surface area contributed by atoms with E-state index in [1.807, 2.05) is 0 Å². The highest BCUT2D eigenvalue weighted by Gasteiger charge is 2.22. The summed E-state index contributed by atoms with van der Waals surface area (Å²) in [5.41, 5.74) is 5.81. The molecular formula is C5H4N5O. The van der Waals surface area contributed by atoms with Gasteiger partial charge in [0.2, 0.25) is 0 Å². The lowest BCUT2D eigenvalue weighted by Gasteiger charge is -1.95. The zero-order chi connectivity index (χ0) is 7.84. The van der Waals surface area contributed by atoms with Crippen LogP contribution in [0, 0.1) is 0 Å². The summed E-state index contributed by atoms with van der Waals surface area (Å²) in [5, 5.41) is 5.94. The summed E-state index contributed by atoms with van der Waals surface area (Å²) < 4.78 is 0. The fraction of sp³-hybridized carbons (Fsp3) is 0. The van der Waals surface area contributed by atoms with Crippen molar-refractivity contribution >= 4 is 23.4 Å². The molecule has 6 heteroatoms. The Hall–Kier alpha value is -1.85. The Bertz CT molecular complexity index is 323. The van der Waals surface area contributed by atoms with E-state index in [9.17, 15) is 4.79 Å². The molecule has 0 saturated carbocycles. The summed E-state index contributed by atoms with van der Waals surface area (Å²) in [7, 11) is 0. The standard InChI is InChI=1S/C5H4N5O/c6-3-2-4(8-1-7-3)10-5(11)9-2/h1H,(H,9,11)(H2,6,7,8). The lowest BCUT2D eigenvalue weighted by Crippen LogP contribution is -2.09. The Balaban J connectivity index is 2.57. The predicted molar refractivity (Wildman–Crippen MR) is 37.3 cm³/mol. The van der Waals surface area contributed by atoms with Crippen LogP contribution in [0.5, 0.6) is 0 Å². The third-order valence-corrected chi connectivity index (χ3v) is 1.30. The van der Waals surface area contributed by atoms with Gasteiger partial charge in [-0.25, -0.2) is 14.8 Å². The number of hydrogen-bond donors (Lipinski definition) is 2. The molecule has 2 rings (SSSR count). The van der Waals surface area contributed by atoms with Gasteiger partial charge >= 0.3 is 6.03 Å². The van der Waals surface area contributed by atoms with E-state index in [0.717, 1.165) is 0 Å². The lowest BCUT2D eigenvalue weighted by atomic mass is 10.4. The molecule has 0 aliphatic carbocycles. The topological polar surface area (TPSA) is 95.0 Å². The maximum absolute atomic E-state index is 10.7. The van der Waals surface area contributed by atoms with Crippen LogP contribution in [0.3, 0.4) is 0 Å². The van der Waals surface area contributed by atoms with Crippen molar-refractivity contribution in [3.05, 3.63) is 6.33 Å². The summed E-state index contributed by atoms with van der Waals surface area (Å²) in [6, 6.07) is -0.452. The molecule has 11 heavy (non-hydrogen) atoms. The Morgan fingerprint density at radius 3 is 3.00 bits per heavy atom. The molecule has 3 N–H and O–H groups in total. The van der Waals surface area contributed by atoms with E-state index in [1.54, 1.807) is 0 Å². The number of nitrogens with zero attached hydrogens (tertiary/aromatic N) is 3. The second-order valence-electron chi connectivity index (χ2n) is 2.00. The second kappa shape index (κ2) is 1.82. The van der Waals surface area contributed by atoms with Crippen molar-refractivity contribution < 1.29 is 4.79 Å². The summed E-state index contributed by atoms with van der Waals surface area (Å²) in [4.78, 5) is 18.1. The monoisotopic (exact) mass is 150 g/mol. The molecule has 1 aliphatic rings. The summed E-state index contributed by atoms with van der Waals surface area (Å²) in [6.45, 7) is 0. The first kappa shape index (κ1) is 5.90. The van der Waals surface area contributed by atoms with Gasteiger partial charge in [-0.3, -0.25) is 5.32 Å². The van der Waals surface area contributed by atoms with Gasteiger partial charge in [0.25, 0.3) is 0 Å². The van der Waals surface area contributed by atoms with Crippen molar-refractivity contribution in [3.63, 3.8) is 0 Å². The van der Waals surface area contributed by atoms with Crippen LogP contribution in [0.1, 0.15) is 0 Å². The molecule has 0 saturated heterocycles. The number of nitrogens with two attached hydrogens (primary N) is 1. The van der Waals surface area contributed by atoms with Crippen molar-refractivity contribution in [2.24, 2.45) is 0 Å². The summed E-state index contributed by atoms with van der Waals surface area (Å²) in [6.07, 6.45) is 1.26. The Kier molecular flexibility index (Phi) is 0.974. The van der Waals surface area contributed by atoms with Gasteiger partial charge in [-0.2, -0.15) is 5.32 Å². The van der Waals surface area contributed by atoms with Gasteiger partial charge < -0.3 is 5.73 Å². The number of anilines is 2. The molecule has 1 radical (unpaired) electrons. The SMILES string of the molecule is Nc1ncnc2c1NC(=O)[N]2. The van der Waals surface area contributed by atoms with E-state index in [0.29, 0.717) is 11.5 Å². The highest BCUT2D eigenvalue weighted by Crippen LogP contribution is 2.28. The Morgan fingerprint density at radius 1 is 1.45 bits per heavy atom. The van der Waals surface area contributed by atoms with Gasteiger partial charge in [0, 0.05) is 0 Å². The minimum atomic E-state index is -0.452. The molecule has 1 aromatic rings. The van der Waals surface area contributed by atoms with Crippen LogP contribution in [0.4, 0.5) is 22.1 Å². The van der Waals surface area contributed by atoms with Crippen molar-refractivity contribution in [3.8, 4) is 0 Å². The van der Waals surface area contributed by atoms with E-state index in [-0.39, 0.29) is 5.82 Å². The molecule has 6 nitrogen and oxygen atoms in total. The number of nitrogens with one attached hydrogen (secondary N) is 1. The number of hydrogen-bond acceptors (Lipinski definition) is 4. The third kappa shape index (κ3) is 0.759. The number of carbonyl (C=O) groups is 1. The second-order valence-corrected chi connectivity index (χ2v) is 2.00. The molecule has 0 bridgehead atoms. The van der Waals surface area contributed by atoms with Crippen molar-refractivity contribution in [1.29, 1.82) is 0 Å². The normalized spacial score (nSPS) is 13.6. The molecule has 0 spiro atoms. The molecule has 1 aliphatic heterocycles. The average Bonchev–Trinajstić information content (AvgIpc) is 2.31. The molecular weight excluding hydrogens is 146 g/mol. The average molecular weight is 150 g/mol. The fourth-order valence-electron chi connectivity index (χ4n) is 0.825. The van der Waals surface area contributed by atoms with E-state index < -0.39 is 6.03 Å². The molecule has 2 heterocycles. The van der Waals surface area contributed by atoms with Crippen LogP contribution in [0.15, 0.2) is 6.33 Å². The van der Waals surface area contributed by atoms with Crippen molar-refractivity contribution in [2.75, 3.05) is 11.1 Å². The Morgan fingerprint density at radius 2 is 2.27 bits per heavy atom. The molecule has 1 aromatic heterocycles. The maximum Gasteiger partial charge on any atom is 0.347 e. The first-order valence-corrected chi connectivity index (χ1v) is 2.90. The highest BCUT2D eigenvalue weighted by atomic mass is 16.2. The van der Waals surface area contributed by atoms with E-state index in [1.165, 1.54) is 6.33 Å². The predicted octanol–water partition coefficient (Wildman–Crippen LogP) is -0.160. The van der Waals surface area contributed by atoms with E-state index in [2.05, 4.69) is 20.6 Å². The number of amides is 2. The van der Waals surface area contributed by atoms with Gasteiger partial charge in [-0.15, -0.1) is 0 Å². The number of fused-ring (bicyclic) bond motifs is 1. The van der Waals surface area contributed by atoms with E-state index >= 15 is 0 Å². The minimum absolute atomic E-state index is 0.240.